The molecule has 0 aliphatic heterocycles. The van der Waals surface area contributed by atoms with Crippen LogP contribution in [0.5, 0.6) is 5.75 Å². The van der Waals surface area contributed by atoms with Crippen molar-refractivity contribution in [1.82, 2.24) is 4.57 Å². The molecule has 0 amide bonds. The van der Waals surface area contributed by atoms with Gasteiger partial charge in [-0.1, -0.05) is 126 Å². The normalized spacial score (nSPS) is 11.4. The molecule has 4 aromatic rings. The molecule has 0 N–H and O–H groups in total. The standard InChI is InChI=1S/C39H51Br2NO/c1-2-3-4-5-11-14-17-32-18-20-33(21-19-32)34-22-23-36-31-37(25-24-35(36)30-34)43-29-16-13-10-8-6-7-9-12-15-28-42-38(40)26-27-39(42)41/h18-27,30-31H,2-17,28-29H2,1H3. The van der Waals surface area contributed by atoms with Crippen LogP contribution in [0.2, 0.25) is 0 Å². The summed E-state index contributed by atoms with van der Waals surface area (Å²) < 4.78 is 10.7. The molecule has 0 unspecified atom stereocenters. The summed E-state index contributed by atoms with van der Waals surface area (Å²) in [6, 6.07) is 26.7. The summed E-state index contributed by atoms with van der Waals surface area (Å²) in [4.78, 5) is 0. The van der Waals surface area contributed by atoms with Crippen LogP contribution in [0.25, 0.3) is 21.9 Å². The van der Waals surface area contributed by atoms with Gasteiger partial charge in [-0.3, -0.25) is 0 Å². The molecule has 1 aromatic heterocycles. The van der Waals surface area contributed by atoms with Crippen molar-refractivity contribution in [3.8, 4) is 16.9 Å². The minimum absolute atomic E-state index is 0.805. The quantitative estimate of drug-likeness (QED) is 0.0786. The zero-order chi connectivity index (χ0) is 30.1. The Balaban J connectivity index is 1.07. The van der Waals surface area contributed by atoms with Crippen LogP contribution in [0.4, 0.5) is 0 Å². The lowest BCUT2D eigenvalue weighted by Gasteiger charge is -2.09. The third-order valence-corrected chi connectivity index (χ3v) is 9.97. The fraction of sp³-hybridized carbons (Fsp3) is 0.487. The van der Waals surface area contributed by atoms with Crippen LogP contribution in [0.3, 0.4) is 0 Å². The lowest BCUT2D eigenvalue weighted by Crippen LogP contribution is -1.98. The molecule has 3 aromatic carbocycles. The van der Waals surface area contributed by atoms with Crippen molar-refractivity contribution in [3.63, 3.8) is 0 Å². The highest BCUT2D eigenvalue weighted by Crippen LogP contribution is 2.28. The molecule has 43 heavy (non-hydrogen) atoms. The van der Waals surface area contributed by atoms with Gasteiger partial charge in [0, 0.05) is 6.54 Å². The summed E-state index contributed by atoms with van der Waals surface area (Å²) in [6.45, 7) is 4.17. The lowest BCUT2D eigenvalue weighted by molar-refractivity contribution is 0.304. The van der Waals surface area contributed by atoms with E-state index in [2.05, 4.69) is 116 Å². The van der Waals surface area contributed by atoms with Crippen molar-refractivity contribution in [2.75, 3.05) is 6.61 Å². The Labute approximate surface area is 277 Å². The summed E-state index contributed by atoms with van der Waals surface area (Å²) >= 11 is 7.23. The second-order valence-corrected chi connectivity index (χ2v) is 13.7. The highest BCUT2D eigenvalue weighted by atomic mass is 79.9. The Morgan fingerprint density at radius 2 is 1.09 bits per heavy atom. The van der Waals surface area contributed by atoms with E-state index in [4.69, 9.17) is 4.74 Å². The number of rotatable bonds is 21. The van der Waals surface area contributed by atoms with Gasteiger partial charge in [0.2, 0.25) is 0 Å². The monoisotopic (exact) mass is 707 g/mol. The van der Waals surface area contributed by atoms with Crippen LogP contribution >= 0.6 is 31.9 Å². The summed E-state index contributed by atoms with van der Waals surface area (Å²) in [6.07, 6.45) is 21.0. The molecule has 4 rings (SSSR count). The maximum absolute atomic E-state index is 6.11. The van der Waals surface area contributed by atoms with Crippen LogP contribution in [-0.4, -0.2) is 11.2 Å². The first-order valence-electron chi connectivity index (χ1n) is 16.9. The molecule has 0 saturated heterocycles. The lowest BCUT2D eigenvalue weighted by atomic mass is 9.98. The number of ether oxygens (including phenoxy) is 1. The molecule has 0 fully saturated rings. The third-order valence-electron chi connectivity index (χ3n) is 8.59. The molecule has 0 bridgehead atoms. The highest BCUT2D eigenvalue weighted by Gasteiger charge is 2.05. The average Bonchev–Trinajstić information content (AvgIpc) is 3.35. The van der Waals surface area contributed by atoms with Crippen LogP contribution in [-0.2, 0) is 13.0 Å². The van der Waals surface area contributed by atoms with Gasteiger partial charge in [0.1, 0.15) is 5.75 Å². The number of hydrogen-bond donors (Lipinski definition) is 0. The van der Waals surface area contributed by atoms with E-state index in [1.165, 1.54) is 124 Å². The number of unbranched alkanes of at least 4 members (excludes halogenated alkanes) is 13. The van der Waals surface area contributed by atoms with Gasteiger partial charge in [0.15, 0.2) is 0 Å². The fourth-order valence-electron chi connectivity index (χ4n) is 5.90. The number of halogens is 2. The van der Waals surface area contributed by atoms with Crippen molar-refractivity contribution in [1.29, 1.82) is 0 Å². The molecular formula is C39H51Br2NO. The molecule has 232 valence electrons. The van der Waals surface area contributed by atoms with Crippen molar-refractivity contribution in [2.24, 2.45) is 0 Å². The predicted octanol–water partition coefficient (Wildman–Crippen LogP) is 13.3. The van der Waals surface area contributed by atoms with Crippen LogP contribution < -0.4 is 4.74 Å². The Bertz CT molecular complexity index is 1320. The first-order valence-corrected chi connectivity index (χ1v) is 18.5. The van der Waals surface area contributed by atoms with E-state index in [9.17, 15) is 0 Å². The number of nitrogens with zero attached hydrogens (tertiary/aromatic N) is 1. The zero-order valence-corrected chi connectivity index (χ0v) is 29.4. The Hall–Kier alpha value is -2.04. The summed E-state index contributed by atoms with van der Waals surface area (Å²) in [7, 11) is 0. The van der Waals surface area contributed by atoms with Gasteiger partial charge < -0.3 is 9.30 Å². The molecule has 2 nitrogen and oxygen atoms in total. The van der Waals surface area contributed by atoms with Gasteiger partial charge in [-0.05, 0) is 115 Å². The minimum atomic E-state index is 0.805. The predicted molar refractivity (Wildman–Crippen MR) is 193 cm³/mol. The largest absolute Gasteiger partial charge is 0.494 e. The van der Waals surface area contributed by atoms with Crippen molar-refractivity contribution in [3.05, 3.63) is 87.6 Å². The second kappa shape index (κ2) is 19.4. The van der Waals surface area contributed by atoms with E-state index in [1.807, 2.05) is 0 Å². The van der Waals surface area contributed by atoms with Crippen molar-refractivity contribution < 1.29 is 4.74 Å². The first kappa shape index (κ1) is 33.8. The van der Waals surface area contributed by atoms with Gasteiger partial charge in [-0.2, -0.15) is 0 Å². The van der Waals surface area contributed by atoms with Crippen molar-refractivity contribution >= 4 is 42.6 Å². The number of hydrogen-bond acceptors (Lipinski definition) is 1. The Morgan fingerprint density at radius 1 is 0.535 bits per heavy atom. The van der Waals surface area contributed by atoms with Crippen LogP contribution in [0.15, 0.2) is 82.0 Å². The summed E-state index contributed by atoms with van der Waals surface area (Å²) in [5.41, 5.74) is 4.04. The third kappa shape index (κ3) is 11.8. The SMILES string of the molecule is CCCCCCCCc1ccc(-c2ccc3cc(OCCCCCCCCCCCn4c(Br)ccc4Br)ccc3c2)cc1. The summed E-state index contributed by atoms with van der Waals surface area (Å²) in [5, 5.41) is 2.51. The highest BCUT2D eigenvalue weighted by molar-refractivity contribution is 9.11. The first-order chi connectivity index (χ1) is 21.1. The van der Waals surface area contributed by atoms with Crippen LogP contribution in [0.1, 0.15) is 109 Å². The average molecular weight is 710 g/mol. The van der Waals surface area contributed by atoms with E-state index in [0.717, 1.165) is 34.5 Å². The van der Waals surface area contributed by atoms with Gasteiger partial charge in [-0.25, -0.2) is 0 Å². The molecule has 0 atom stereocenters. The number of aromatic nitrogens is 1. The van der Waals surface area contributed by atoms with E-state index in [1.54, 1.807) is 0 Å². The summed E-state index contributed by atoms with van der Waals surface area (Å²) in [5.74, 6) is 0.985. The smallest absolute Gasteiger partial charge is 0.119 e. The molecule has 0 saturated carbocycles. The van der Waals surface area contributed by atoms with E-state index < -0.39 is 0 Å². The topological polar surface area (TPSA) is 14.2 Å². The van der Waals surface area contributed by atoms with Gasteiger partial charge >= 0.3 is 0 Å². The molecule has 1 heterocycles. The van der Waals surface area contributed by atoms with Gasteiger partial charge in [-0.15, -0.1) is 0 Å². The number of benzene rings is 3. The second-order valence-electron chi connectivity index (χ2n) is 12.1. The molecular weight excluding hydrogens is 658 g/mol. The van der Waals surface area contributed by atoms with Gasteiger partial charge in [0.25, 0.3) is 0 Å². The van der Waals surface area contributed by atoms with Crippen LogP contribution in [0, 0.1) is 0 Å². The molecule has 0 aliphatic rings. The molecule has 0 spiro atoms. The van der Waals surface area contributed by atoms with E-state index in [0.29, 0.717) is 0 Å². The van der Waals surface area contributed by atoms with E-state index in [-0.39, 0.29) is 0 Å². The maximum atomic E-state index is 6.11. The zero-order valence-electron chi connectivity index (χ0n) is 26.3. The minimum Gasteiger partial charge on any atom is -0.494 e. The molecule has 4 heteroatoms. The Morgan fingerprint density at radius 3 is 1.79 bits per heavy atom. The number of aryl methyl sites for hydroxylation is 1. The van der Waals surface area contributed by atoms with Gasteiger partial charge in [0.05, 0.1) is 15.8 Å². The number of fused-ring (bicyclic) bond motifs is 1. The molecule has 0 radical (unpaired) electrons. The fourth-order valence-corrected chi connectivity index (χ4v) is 7.14. The maximum Gasteiger partial charge on any atom is 0.119 e. The van der Waals surface area contributed by atoms with E-state index >= 15 is 0 Å². The Kier molecular flexibility index (Phi) is 15.2. The van der Waals surface area contributed by atoms with Crippen molar-refractivity contribution in [2.45, 2.75) is 116 Å². The molecule has 0 aliphatic carbocycles.